The van der Waals surface area contributed by atoms with E-state index in [1.807, 2.05) is 6.92 Å². The molecule has 1 aromatic rings. The molecular weight excluding hydrogens is 228 g/mol. The second kappa shape index (κ2) is 6.59. The molecule has 0 fully saturated rings. The Morgan fingerprint density at radius 2 is 2.47 bits per heavy atom. The molecule has 0 radical (unpaired) electrons. The summed E-state index contributed by atoms with van der Waals surface area (Å²) in [6.45, 7) is 3.01. The van der Waals surface area contributed by atoms with Gasteiger partial charge in [-0.3, -0.25) is 4.79 Å². The van der Waals surface area contributed by atoms with Gasteiger partial charge in [0.25, 0.3) is 0 Å². The molecule has 0 atom stereocenters. The predicted octanol–water partition coefficient (Wildman–Crippen LogP) is 1.07. The fourth-order valence-corrected chi connectivity index (χ4v) is 1.15. The van der Waals surface area contributed by atoms with Gasteiger partial charge in [0.05, 0.1) is 6.07 Å². The minimum absolute atomic E-state index is 0.151. The number of nitrogens with one attached hydrogen (secondary N) is 2. The van der Waals surface area contributed by atoms with Crippen LogP contribution in [0.2, 0.25) is 0 Å². The first-order valence-corrected chi connectivity index (χ1v) is 5.21. The third kappa shape index (κ3) is 4.60. The average Bonchev–Trinajstić information content (AvgIpc) is 2.73. The Labute approximate surface area is 97.5 Å². The molecule has 1 aromatic heterocycles. The summed E-state index contributed by atoms with van der Waals surface area (Å²) in [6, 6.07) is 1.17. The normalized spacial score (nSPS) is 10.2. The van der Waals surface area contributed by atoms with Crippen LogP contribution >= 0.6 is 0 Å². The third-order valence-corrected chi connectivity index (χ3v) is 1.93. The summed E-state index contributed by atoms with van der Waals surface area (Å²) in [5, 5.41) is 18.6. The van der Waals surface area contributed by atoms with Gasteiger partial charge >= 0.3 is 5.82 Å². The van der Waals surface area contributed by atoms with E-state index in [9.17, 15) is 14.9 Å². The van der Waals surface area contributed by atoms with Crippen molar-refractivity contribution < 1.29 is 14.5 Å². The molecule has 8 heteroatoms. The largest absolute Gasteiger partial charge is 0.382 e. The van der Waals surface area contributed by atoms with E-state index in [0.717, 1.165) is 0 Å². The molecule has 1 rings (SSSR count). The molecule has 0 bridgehead atoms. The van der Waals surface area contributed by atoms with Crippen LogP contribution in [0.25, 0.3) is 0 Å². The topological polar surface area (TPSA) is 110 Å². The molecule has 0 aliphatic heterocycles. The Bertz CT molecular complexity index is 390. The molecule has 0 aliphatic carbocycles. The monoisotopic (exact) mass is 242 g/mol. The van der Waals surface area contributed by atoms with E-state index in [4.69, 9.17) is 4.74 Å². The molecule has 0 aromatic carbocycles. The van der Waals surface area contributed by atoms with E-state index in [0.29, 0.717) is 26.1 Å². The van der Waals surface area contributed by atoms with Crippen LogP contribution in [0, 0.1) is 10.1 Å². The number of nitro groups is 1. The number of hydrogen-bond donors (Lipinski definition) is 2. The van der Waals surface area contributed by atoms with Gasteiger partial charge in [-0.2, -0.15) is 0 Å². The molecule has 8 nitrogen and oxygen atoms in total. The first-order valence-electron chi connectivity index (χ1n) is 5.21. The number of anilines is 1. The summed E-state index contributed by atoms with van der Waals surface area (Å²) in [6.07, 6.45) is 0.896. The van der Waals surface area contributed by atoms with Gasteiger partial charge < -0.3 is 20.2 Å². The molecule has 17 heavy (non-hydrogen) atoms. The van der Waals surface area contributed by atoms with E-state index in [2.05, 4.69) is 15.5 Å². The number of ether oxygens (including phenoxy) is 1. The smallest absolute Gasteiger partial charge is 0.344 e. The minimum atomic E-state index is -0.613. The van der Waals surface area contributed by atoms with Crippen LogP contribution in [0.3, 0.4) is 0 Å². The van der Waals surface area contributed by atoms with Crippen LogP contribution in [0.1, 0.15) is 19.8 Å². The van der Waals surface area contributed by atoms with Crippen LogP contribution in [0.4, 0.5) is 11.6 Å². The second-order valence-electron chi connectivity index (χ2n) is 3.24. The summed E-state index contributed by atoms with van der Waals surface area (Å²) in [5.74, 6) is -0.348. The summed E-state index contributed by atoms with van der Waals surface area (Å²) in [5.41, 5.74) is 0. The number of amides is 1. The lowest BCUT2D eigenvalue weighted by Crippen LogP contribution is -2.12. The Balaban J connectivity index is 2.32. The maximum Gasteiger partial charge on any atom is 0.344 e. The van der Waals surface area contributed by atoms with Gasteiger partial charge in [-0.25, -0.2) is 0 Å². The van der Waals surface area contributed by atoms with Gasteiger partial charge in [0.1, 0.15) is 0 Å². The van der Waals surface area contributed by atoms with Gasteiger partial charge in [0, 0.05) is 19.6 Å². The van der Waals surface area contributed by atoms with E-state index in [-0.39, 0.29) is 17.5 Å². The van der Waals surface area contributed by atoms with Crippen LogP contribution in [-0.2, 0) is 9.53 Å². The number of carbonyl (C=O) groups is 1. The first-order chi connectivity index (χ1) is 8.13. The minimum Gasteiger partial charge on any atom is -0.382 e. The Kier molecular flexibility index (Phi) is 5.08. The summed E-state index contributed by atoms with van der Waals surface area (Å²) >= 11 is 0. The highest BCUT2D eigenvalue weighted by Crippen LogP contribution is 2.12. The highest BCUT2D eigenvalue weighted by Gasteiger charge is 2.11. The molecular formula is C9H14N4O4. The lowest BCUT2D eigenvalue weighted by atomic mass is 10.3. The summed E-state index contributed by atoms with van der Waals surface area (Å²) < 4.78 is 5.08. The van der Waals surface area contributed by atoms with Crippen molar-refractivity contribution in [1.82, 2.24) is 10.2 Å². The number of hydrogen-bond acceptors (Lipinski definition) is 5. The number of aromatic nitrogens is 2. The SMILES string of the molecule is CCOCCCC(=O)Nc1cc([N+](=O)[O-])[nH]n1. The Morgan fingerprint density at radius 3 is 3.06 bits per heavy atom. The number of carbonyl (C=O) groups excluding carboxylic acids is 1. The quantitative estimate of drug-likeness (QED) is 0.422. The summed E-state index contributed by atoms with van der Waals surface area (Å²) in [4.78, 5) is 21.1. The van der Waals surface area contributed by atoms with Gasteiger partial charge in [0.2, 0.25) is 5.91 Å². The molecule has 2 N–H and O–H groups in total. The molecule has 0 saturated carbocycles. The van der Waals surface area contributed by atoms with Gasteiger partial charge in [-0.05, 0) is 18.3 Å². The van der Waals surface area contributed by atoms with Crippen molar-refractivity contribution in [2.75, 3.05) is 18.5 Å². The molecule has 0 saturated heterocycles. The van der Waals surface area contributed by atoms with E-state index in [1.165, 1.54) is 6.07 Å². The van der Waals surface area contributed by atoms with Crippen LogP contribution < -0.4 is 5.32 Å². The second-order valence-corrected chi connectivity index (χ2v) is 3.24. The summed E-state index contributed by atoms with van der Waals surface area (Å²) in [7, 11) is 0. The fourth-order valence-electron chi connectivity index (χ4n) is 1.15. The maximum absolute atomic E-state index is 11.4. The van der Waals surface area contributed by atoms with Crippen molar-refractivity contribution in [1.29, 1.82) is 0 Å². The zero-order valence-corrected chi connectivity index (χ0v) is 9.43. The van der Waals surface area contributed by atoms with Crippen molar-refractivity contribution in [2.45, 2.75) is 19.8 Å². The maximum atomic E-state index is 11.4. The number of aromatic amines is 1. The van der Waals surface area contributed by atoms with Crippen molar-refractivity contribution in [3.05, 3.63) is 16.2 Å². The van der Waals surface area contributed by atoms with Gasteiger partial charge in [0.15, 0.2) is 5.82 Å². The van der Waals surface area contributed by atoms with Crippen LogP contribution in [-0.4, -0.2) is 34.2 Å². The zero-order valence-electron chi connectivity index (χ0n) is 9.43. The standard InChI is InChI=1S/C9H14N4O4/c1-2-17-5-3-4-9(14)10-7-6-8(12-11-7)13(15)16/h6H,2-5H2,1H3,(H2,10,11,12,14). The molecule has 0 unspecified atom stereocenters. The Hall–Kier alpha value is -1.96. The van der Waals surface area contributed by atoms with E-state index >= 15 is 0 Å². The number of nitrogens with zero attached hydrogens (tertiary/aromatic N) is 2. The van der Waals surface area contributed by atoms with Gasteiger partial charge in [-0.15, -0.1) is 5.10 Å². The van der Waals surface area contributed by atoms with Crippen LogP contribution in [0.15, 0.2) is 6.07 Å². The molecule has 0 spiro atoms. The van der Waals surface area contributed by atoms with E-state index in [1.54, 1.807) is 0 Å². The lowest BCUT2D eigenvalue weighted by molar-refractivity contribution is -0.389. The van der Waals surface area contributed by atoms with Crippen molar-refractivity contribution in [3.63, 3.8) is 0 Å². The van der Waals surface area contributed by atoms with Crippen molar-refractivity contribution >= 4 is 17.5 Å². The molecule has 1 amide bonds. The van der Waals surface area contributed by atoms with Crippen molar-refractivity contribution in [2.24, 2.45) is 0 Å². The fraction of sp³-hybridized carbons (Fsp3) is 0.556. The number of H-pyrrole nitrogens is 1. The molecule has 0 aliphatic rings. The van der Waals surface area contributed by atoms with Crippen molar-refractivity contribution in [3.8, 4) is 0 Å². The third-order valence-electron chi connectivity index (χ3n) is 1.93. The molecule has 94 valence electrons. The van der Waals surface area contributed by atoms with Crippen LogP contribution in [0.5, 0.6) is 0 Å². The first kappa shape index (κ1) is 13.1. The highest BCUT2D eigenvalue weighted by atomic mass is 16.6. The molecule has 1 heterocycles. The Morgan fingerprint density at radius 1 is 1.71 bits per heavy atom. The zero-order chi connectivity index (χ0) is 12.7. The lowest BCUT2D eigenvalue weighted by Gasteiger charge is -2.01. The van der Waals surface area contributed by atoms with E-state index < -0.39 is 4.92 Å². The number of rotatable bonds is 7. The predicted molar refractivity (Wildman–Crippen MR) is 59.6 cm³/mol. The average molecular weight is 242 g/mol. The van der Waals surface area contributed by atoms with Gasteiger partial charge in [-0.1, -0.05) is 5.10 Å². The highest BCUT2D eigenvalue weighted by molar-refractivity contribution is 5.89.